The van der Waals surface area contributed by atoms with Gasteiger partial charge in [0.15, 0.2) is 0 Å². The molecule has 5 nitrogen and oxygen atoms in total. The first kappa shape index (κ1) is 13.9. The Balaban J connectivity index is 1.86. The van der Waals surface area contributed by atoms with Crippen molar-refractivity contribution in [2.24, 2.45) is 0 Å². The molecule has 2 aliphatic rings. The Bertz CT molecular complexity index is 615. The predicted octanol–water partition coefficient (Wildman–Crippen LogP) is 1.05. The molecule has 0 spiro atoms. The summed E-state index contributed by atoms with van der Waals surface area (Å²) in [5.41, 5.74) is 7.21. The van der Waals surface area contributed by atoms with Gasteiger partial charge in [0.05, 0.1) is 4.90 Å². The van der Waals surface area contributed by atoms with E-state index >= 15 is 0 Å². The topological polar surface area (TPSA) is 66.6 Å². The minimum atomic E-state index is -3.39. The van der Waals surface area contributed by atoms with E-state index in [0.29, 0.717) is 29.7 Å². The Morgan fingerprint density at radius 3 is 2.80 bits per heavy atom. The maximum atomic E-state index is 12.7. The van der Waals surface area contributed by atoms with E-state index in [1.165, 1.54) is 6.42 Å². The molecule has 0 saturated carbocycles. The molecule has 0 bridgehead atoms. The number of hydrogen-bond donors (Lipinski definition) is 1. The zero-order valence-corrected chi connectivity index (χ0v) is 12.6. The van der Waals surface area contributed by atoms with Gasteiger partial charge < -0.3 is 5.73 Å². The van der Waals surface area contributed by atoms with Crippen molar-refractivity contribution in [3.63, 3.8) is 0 Å². The molecular formula is C14H21N3O2S. The van der Waals surface area contributed by atoms with E-state index in [9.17, 15) is 8.42 Å². The Kier molecular flexibility index (Phi) is 3.48. The van der Waals surface area contributed by atoms with Crippen molar-refractivity contribution in [2.45, 2.75) is 30.7 Å². The number of fused-ring (bicyclic) bond motifs is 1. The summed E-state index contributed by atoms with van der Waals surface area (Å²) in [6.07, 6.45) is 2.28. The molecule has 20 heavy (non-hydrogen) atoms. The fraction of sp³-hybridized carbons (Fsp3) is 0.571. The van der Waals surface area contributed by atoms with Crippen molar-refractivity contribution in [2.75, 3.05) is 31.9 Å². The largest absolute Gasteiger partial charge is 0.399 e. The summed E-state index contributed by atoms with van der Waals surface area (Å²) in [7, 11) is -3.39. The number of anilines is 1. The van der Waals surface area contributed by atoms with Gasteiger partial charge in [-0.2, -0.15) is 4.31 Å². The molecule has 1 aromatic carbocycles. The molecule has 2 N–H and O–H groups in total. The predicted molar refractivity (Wildman–Crippen MR) is 78.9 cm³/mol. The van der Waals surface area contributed by atoms with E-state index in [1.807, 2.05) is 6.92 Å². The fourth-order valence-corrected chi connectivity index (χ4v) is 4.69. The quantitative estimate of drug-likeness (QED) is 0.828. The van der Waals surface area contributed by atoms with Gasteiger partial charge in [0, 0.05) is 31.4 Å². The van der Waals surface area contributed by atoms with Gasteiger partial charge in [0.1, 0.15) is 0 Å². The monoisotopic (exact) mass is 295 g/mol. The molecule has 0 amide bonds. The van der Waals surface area contributed by atoms with Crippen LogP contribution in [0.4, 0.5) is 5.69 Å². The second kappa shape index (κ2) is 5.02. The normalized spacial score (nSPS) is 24.8. The average Bonchev–Trinajstić information content (AvgIpc) is 2.89. The van der Waals surface area contributed by atoms with Crippen molar-refractivity contribution < 1.29 is 8.42 Å². The van der Waals surface area contributed by atoms with Gasteiger partial charge in [0.2, 0.25) is 10.0 Å². The molecule has 1 atom stereocenters. The second-order valence-corrected chi connectivity index (χ2v) is 7.65. The third-order valence-corrected chi connectivity index (χ3v) is 6.29. The lowest BCUT2D eigenvalue weighted by atomic mass is 10.2. The lowest BCUT2D eigenvalue weighted by Gasteiger charge is -2.36. The molecule has 1 aromatic rings. The zero-order valence-electron chi connectivity index (χ0n) is 11.7. The van der Waals surface area contributed by atoms with E-state index in [-0.39, 0.29) is 0 Å². The van der Waals surface area contributed by atoms with E-state index < -0.39 is 10.0 Å². The summed E-state index contributed by atoms with van der Waals surface area (Å²) in [6, 6.07) is 5.35. The molecule has 2 saturated heterocycles. The molecule has 1 unspecified atom stereocenters. The van der Waals surface area contributed by atoms with Crippen LogP contribution in [0.25, 0.3) is 0 Å². The maximum absolute atomic E-state index is 12.7. The van der Waals surface area contributed by atoms with Crippen molar-refractivity contribution >= 4 is 15.7 Å². The SMILES string of the molecule is Cc1cc(S(=O)(=O)N2CCN3CCCC3C2)ccc1N. The van der Waals surface area contributed by atoms with Crippen LogP contribution in [0.1, 0.15) is 18.4 Å². The Morgan fingerprint density at radius 1 is 1.25 bits per heavy atom. The minimum Gasteiger partial charge on any atom is -0.399 e. The Labute approximate surface area is 120 Å². The van der Waals surface area contributed by atoms with Gasteiger partial charge in [-0.05, 0) is 50.1 Å². The van der Waals surface area contributed by atoms with Crippen molar-refractivity contribution in [3.05, 3.63) is 23.8 Å². The summed E-state index contributed by atoms with van der Waals surface area (Å²) < 4.78 is 27.0. The van der Waals surface area contributed by atoms with E-state index in [2.05, 4.69) is 4.90 Å². The number of nitrogens with two attached hydrogens (primary N) is 1. The molecule has 0 aliphatic carbocycles. The number of nitrogens with zero attached hydrogens (tertiary/aromatic N) is 2. The van der Waals surface area contributed by atoms with Crippen LogP contribution in [0.2, 0.25) is 0 Å². The van der Waals surface area contributed by atoms with Crippen molar-refractivity contribution in [1.82, 2.24) is 9.21 Å². The molecular weight excluding hydrogens is 274 g/mol. The first-order chi connectivity index (χ1) is 9.48. The van der Waals surface area contributed by atoms with Crippen LogP contribution in [-0.2, 0) is 10.0 Å². The highest BCUT2D eigenvalue weighted by molar-refractivity contribution is 7.89. The van der Waals surface area contributed by atoms with E-state index in [0.717, 1.165) is 25.1 Å². The number of benzene rings is 1. The summed E-state index contributed by atoms with van der Waals surface area (Å²) in [6.45, 7) is 4.99. The smallest absolute Gasteiger partial charge is 0.243 e. The highest BCUT2D eigenvalue weighted by atomic mass is 32.2. The Hall–Kier alpha value is -1.11. The van der Waals surface area contributed by atoms with Crippen LogP contribution in [-0.4, -0.2) is 49.8 Å². The summed E-state index contributed by atoms with van der Waals surface area (Å²) in [4.78, 5) is 2.76. The summed E-state index contributed by atoms with van der Waals surface area (Å²) in [5.74, 6) is 0. The summed E-state index contributed by atoms with van der Waals surface area (Å²) in [5, 5.41) is 0. The third kappa shape index (κ3) is 2.32. The molecule has 2 heterocycles. The number of hydrogen-bond acceptors (Lipinski definition) is 4. The zero-order chi connectivity index (χ0) is 14.3. The molecule has 110 valence electrons. The van der Waals surface area contributed by atoms with Crippen LogP contribution in [0.3, 0.4) is 0 Å². The highest BCUT2D eigenvalue weighted by Gasteiger charge is 2.36. The standard InChI is InChI=1S/C14H21N3O2S/c1-11-9-13(4-5-14(11)15)20(18,19)17-8-7-16-6-2-3-12(16)10-17/h4-5,9,12H,2-3,6-8,10,15H2,1H3. The van der Waals surface area contributed by atoms with Gasteiger partial charge in [-0.15, -0.1) is 0 Å². The summed E-state index contributed by atoms with van der Waals surface area (Å²) >= 11 is 0. The van der Waals surface area contributed by atoms with Crippen LogP contribution in [0, 0.1) is 6.92 Å². The van der Waals surface area contributed by atoms with E-state index in [1.54, 1.807) is 22.5 Å². The van der Waals surface area contributed by atoms with Gasteiger partial charge >= 0.3 is 0 Å². The lowest BCUT2D eigenvalue weighted by molar-refractivity contribution is 0.158. The minimum absolute atomic E-state index is 0.357. The maximum Gasteiger partial charge on any atom is 0.243 e. The van der Waals surface area contributed by atoms with Crippen LogP contribution < -0.4 is 5.73 Å². The van der Waals surface area contributed by atoms with Gasteiger partial charge in [-0.3, -0.25) is 4.90 Å². The van der Waals surface area contributed by atoms with Crippen LogP contribution in [0.15, 0.2) is 23.1 Å². The molecule has 0 aromatic heterocycles. The van der Waals surface area contributed by atoms with Gasteiger partial charge in [0.25, 0.3) is 0 Å². The lowest BCUT2D eigenvalue weighted by Crippen LogP contribution is -2.51. The van der Waals surface area contributed by atoms with Crippen molar-refractivity contribution in [1.29, 1.82) is 0 Å². The second-order valence-electron chi connectivity index (χ2n) is 5.71. The molecule has 2 fully saturated rings. The van der Waals surface area contributed by atoms with Crippen LogP contribution >= 0.6 is 0 Å². The average molecular weight is 295 g/mol. The number of rotatable bonds is 2. The number of sulfonamides is 1. The number of aryl methyl sites for hydroxylation is 1. The molecule has 2 aliphatic heterocycles. The van der Waals surface area contributed by atoms with Crippen molar-refractivity contribution in [3.8, 4) is 0 Å². The van der Waals surface area contributed by atoms with Gasteiger partial charge in [-0.1, -0.05) is 0 Å². The molecule has 0 radical (unpaired) electrons. The third-order valence-electron chi connectivity index (χ3n) is 4.43. The van der Waals surface area contributed by atoms with Crippen LogP contribution in [0.5, 0.6) is 0 Å². The number of piperazine rings is 1. The van der Waals surface area contributed by atoms with Gasteiger partial charge in [-0.25, -0.2) is 8.42 Å². The highest BCUT2D eigenvalue weighted by Crippen LogP contribution is 2.26. The first-order valence-corrected chi connectivity index (χ1v) is 8.53. The molecule has 6 heteroatoms. The number of nitrogen functional groups attached to an aromatic ring is 1. The fourth-order valence-electron chi connectivity index (χ4n) is 3.14. The molecule has 3 rings (SSSR count). The first-order valence-electron chi connectivity index (χ1n) is 7.09. The Morgan fingerprint density at radius 2 is 2.05 bits per heavy atom. The van der Waals surface area contributed by atoms with E-state index in [4.69, 9.17) is 5.73 Å².